The van der Waals surface area contributed by atoms with E-state index in [2.05, 4.69) is 13.2 Å². The first kappa shape index (κ1) is 11.7. The van der Waals surface area contributed by atoms with Crippen molar-refractivity contribution in [3.05, 3.63) is 24.3 Å². The van der Waals surface area contributed by atoms with E-state index in [9.17, 15) is 9.59 Å². The van der Waals surface area contributed by atoms with E-state index in [1.165, 1.54) is 0 Å². The minimum absolute atomic E-state index is 0.0314. The number of esters is 1. The molecular weight excluding hydrogens is 228 g/mol. The van der Waals surface area contributed by atoms with Gasteiger partial charge in [-0.1, -0.05) is 25.7 Å². The maximum Gasteiger partial charge on any atom is 0.334 e. The fourth-order valence-corrected chi connectivity index (χ4v) is 3.87. The fourth-order valence-electron chi connectivity index (χ4n) is 3.87. The van der Waals surface area contributed by atoms with Crippen molar-refractivity contribution < 1.29 is 14.3 Å². The molecule has 3 fully saturated rings. The summed E-state index contributed by atoms with van der Waals surface area (Å²) in [6.45, 7) is 9.95. The quantitative estimate of drug-likeness (QED) is 0.374. The van der Waals surface area contributed by atoms with Gasteiger partial charge in [-0.3, -0.25) is 4.79 Å². The predicted molar refractivity (Wildman–Crippen MR) is 66.7 cm³/mol. The molecule has 3 aliphatic rings. The van der Waals surface area contributed by atoms with Crippen LogP contribution in [-0.4, -0.2) is 17.9 Å². The highest BCUT2D eigenvalue weighted by atomic mass is 16.6. The second-order valence-electron chi connectivity index (χ2n) is 5.84. The number of ether oxygens (including phenoxy) is 1. The molecule has 0 N–H and O–H groups in total. The Bertz CT molecular complexity index is 462. The van der Waals surface area contributed by atoms with Crippen LogP contribution < -0.4 is 0 Å². The standard InChI is InChI=1S/C15H18O3/c1-7-4-5-10-8(2)15(17)18-14(10)13-9(3)12(16)6-11(7)13/h9-11,13-14H,1-2,4-6H2,3H3/t9-,10+,11+,13+,14+/m1/s1. The summed E-state index contributed by atoms with van der Waals surface area (Å²) < 4.78 is 5.51. The van der Waals surface area contributed by atoms with Gasteiger partial charge in [-0.2, -0.15) is 0 Å². The molecule has 0 radical (unpaired) electrons. The van der Waals surface area contributed by atoms with E-state index < -0.39 is 0 Å². The van der Waals surface area contributed by atoms with Crippen molar-refractivity contribution in [3.63, 3.8) is 0 Å². The van der Waals surface area contributed by atoms with Gasteiger partial charge in [0.25, 0.3) is 0 Å². The number of hydrogen-bond donors (Lipinski definition) is 0. The number of carbonyl (C=O) groups is 2. The van der Waals surface area contributed by atoms with Crippen LogP contribution in [0.1, 0.15) is 26.2 Å². The zero-order valence-electron chi connectivity index (χ0n) is 10.6. The number of Topliss-reactive ketones (excluding diaryl/α,β-unsaturated/α-hetero) is 1. The third-order valence-corrected chi connectivity index (χ3v) is 5.00. The van der Waals surface area contributed by atoms with Crippen LogP contribution in [0.15, 0.2) is 24.3 Å². The van der Waals surface area contributed by atoms with Crippen LogP contribution in [0.2, 0.25) is 0 Å². The summed E-state index contributed by atoms with van der Waals surface area (Å²) in [5.41, 5.74) is 1.73. The Morgan fingerprint density at radius 3 is 2.67 bits per heavy atom. The Hall–Kier alpha value is -1.38. The molecule has 0 amide bonds. The first-order chi connectivity index (χ1) is 8.50. The van der Waals surface area contributed by atoms with Gasteiger partial charge in [0.2, 0.25) is 0 Å². The molecule has 0 aromatic heterocycles. The maximum absolute atomic E-state index is 11.9. The number of hydrogen-bond acceptors (Lipinski definition) is 3. The Kier molecular flexibility index (Phi) is 2.47. The SMILES string of the molecule is C=C1C(=O)O[C@@H]2[C@H]3[C@H](C)C(=O)C[C@H]3C(=C)CC[C@@H]12. The third-order valence-electron chi connectivity index (χ3n) is 5.00. The molecule has 3 nitrogen and oxygen atoms in total. The minimum atomic E-state index is -0.275. The van der Waals surface area contributed by atoms with Crippen LogP contribution in [-0.2, 0) is 14.3 Å². The molecule has 1 aliphatic heterocycles. The van der Waals surface area contributed by atoms with E-state index in [1.54, 1.807) is 0 Å². The van der Waals surface area contributed by atoms with Crippen molar-refractivity contribution in [3.8, 4) is 0 Å². The fraction of sp³-hybridized carbons (Fsp3) is 0.600. The average Bonchev–Trinajstić information content (AvgIpc) is 2.72. The highest BCUT2D eigenvalue weighted by Crippen LogP contribution is 2.51. The van der Waals surface area contributed by atoms with Crippen LogP contribution in [0.5, 0.6) is 0 Å². The van der Waals surface area contributed by atoms with Gasteiger partial charge in [-0.25, -0.2) is 4.79 Å². The molecule has 1 heterocycles. The largest absolute Gasteiger partial charge is 0.458 e. The van der Waals surface area contributed by atoms with E-state index in [0.717, 1.165) is 18.4 Å². The Labute approximate surface area is 107 Å². The number of rotatable bonds is 0. The molecule has 0 unspecified atom stereocenters. The highest BCUT2D eigenvalue weighted by molar-refractivity contribution is 5.91. The summed E-state index contributed by atoms with van der Waals surface area (Å²) in [5.74, 6) is 0.360. The monoisotopic (exact) mass is 246 g/mol. The van der Waals surface area contributed by atoms with Crippen LogP contribution in [0.4, 0.5) is 0 Å². The van der Waals surface area contributed by atoms with Gasteiger partial charge in [0.1, 0.15) is 11.9 Å². The summed E-state index contributed by atoms with van der Waals surface area (Å²) in [7, 11) is 0. The molecule has 2 aliphatic carbocycles. The zero-order valence-corrected chi connectivity index (χ0v) is 10.6. The molecule has 0 aromatic rings. The molecule has 3 rings (SSSR count). The lowest BCUT2D eigenvalue weighted by Crippen LogP contribution is -2.32. The zero-order chi connectivity index (χ0) is 13.0. The van der Waals surface area contributed by atoms with E-state index in [-0.39, 0.29) is 41.5 Å². The molecule has 0 aromatic carbocycles. The van der Waals surface area contributed by atoms with Crippen molar-refractivity contribution in [2.24, 2.45) is 23.7 Å². The highest BCUT2D eigenvalue weighted by Gasteiger charge is 2.54. The molecule has 1 saturated heterocycles. The minimum Gasteiger partial charge on any atom is -0.458 e. The van der Waals surface area contributed by atoms with Gasteiger partial charge in [-0.15, -0.1) is 0 Å². The third kappa shape index (κ3) is 1.43. The van der Waals surface area contributed by atoms with Gasteiger partial charge < -0.3 is 4.74 Å². The first-order valence-electron chi connectivity index (χ1n) is 6.61. The van der Waals surface area contributed by atoms with Crippen LogP contribution in [0.3, 0.4) is 0 Å². The Balaban J connectivity index is 2.01. The topological polar surface area (TPSA) is 43.4 Å². The summed E-state index contributed by atoms with van der Waals surface area (Å²) in [5, 5.41) is 0. The lowest BCUT2D eigenvalue weighted by Gasteiger charge is -2.27. The molecular formula is C15H18O3. The molecule has 2 saturated carbocycles. The lowest BCUT2D eigenvalue weighted by molar-refractivity contribution is -0.143. The normalized spacial score (nSPS) is 43.5. The molecule has 18 heavy (non-hydrogen) atoms. The first-order valence-corrected chi connectivity index (χ1v) is 6.61. The van der Waals surface area contributed by atoms with Crippen molar-refractivity contribution in [1.29, 1.82) is 0 Å². The van der Waals surface area contributed by atoms with Crippen LogP contribution in [0, 0.1) is 23.7 Å². The predicted octanol–water partition coefficient (Wildman–Crippen LogP) is 2.28. The average molecular weight is 246 g/mol. The van der Waals surface area contributed by atoms with Crippen molar-refractivity contribution in [1.82, 2.24) is 0 Å². The number of allylic oxidation sites excluding steroid dienone is 1. The van der Waals surface area contributed by atoms with E-state index in [4.69, 9.17) is 4.74 Å². The summed E-state index contributed by atoms with van der Waals surface area (Å²) in [6, 6.07) is 0. The van der Waals surface area contributed by atoms with E-state index in [0.29, 0.717) is 12.0 Å². The molecule has 3 heteroatoms. The van der Waals surface area contributed by atoms with Gasteiger partial charge in [0, 0.05) is 29.7 Å². The maximum atomic E-state index is 11.9. The van der Waals surface area contributed by atoms with Gasteiger partial charge >= 0.3 is 5.97 Å². The molecule has 0 bridgehead atoms. The van der Waals surface area contributed by atoms with Gasteiger partial charge in [0.05, 0.1) is 0 Å². The number of fused-ring (bicyclic) bond motifs is 3. The number of carbonyl (C=O) groups excluding carboxylic acids is 2. The summed E-state index contributed by atoms with van der Waals surface area (Å²) >= 11 is 0. The second-order valence-corrected chi connectivity index (χ2v) is 5.84. The molecule has 96 valence electrons. The lowest BCUT2D eigenvalue weighted by atomic mass is 9.79. The van der Waals surface area contributed by atoms with Crippen molar-refractivity contribution in [2.45, 2.75) is 32.3 Å². The Morgan fingerprint density at radius 1 is 1.22 bits per heavy atom. The summed E-state index contributed by atoms with van der Waals surface area (Å²) in [6.07, 6.45) is 2.16. The smallest absolute Gasteiger partial charge is 0.334 e. The summed E-state index contributed by atoms with van der Waals surface area (Å²) in [4.78, 5) is 23.6. The van der Waals surface area contributed by atoms with Gasteiger partial charge in [0.15, 0.2) is 0 Å². The van der Waals surface area contributed by atoms with E-state index >= 15 is 0 Å². The Morgan fingerprint density at radius 2 is 1.94 bits per heavy atom. The number of ketones is 1. The van der Waals surface area contributed by atoms with Crippen molar-refractivity contribution in [2.75, 3.05) is 0 Å². The van der Waals surface area contributed by atoms with Gasteiger partial charge in [-0.05, 0) is 18.8 Å². The van der Waals surface area contributed by atoms with Crippen LogP contribution >= 0.6 is 0 Å². The second kappa shape index (κ2) is 3.81. The van der Waals surface area contributed by atoms with Crippen LogP contribution in [0.25, 0.3) is 0 Å². The van der Waals surface area contributed by atoms with Crippen molar-refractivity contribution >= 4 is 11.8 Å². The molecule has 0 spiro atoms. The van der Waals surface area contributed by atoms with E-state index in [1.807, 2.05) is 6.92 Å². The molecule has 5 atom stereocenters.